The summed E-state index contributed by atoms with van der Waals surface area (Å²) in [7, 11) is 0. The van der Waals surface area contributed by atoms with Gasteiger partial charge in [0.05, 0.1) is 6.10 Å². The van der Waals surface area contributed by atoms with Crippen molar-refractivity contribution in [1.29, 1.82) is 0 Å². The molecular formula is C22H32FN3O3. The lowest BCUT2D eigenvalue weighted by atomic mass is 9.95. The number of carbonyl (C=O) groups is 2. The van der Waals surface area contributed by atoms with Crippen LogP contribution in [-0.4, -0.2) is 60.5 Å². The average Bonchev–Trinajstić information content (AvgIpc) is 3.22. The molecule has 160 valence electrons. The van der Waals surface area contributed by atoms with Crippen LogP contribution in [0.15, 0.2) is 24.3 Å². The third kappa shape index (κ3) is 6.78. The molecule has 0 saturated carbocycles. The van der Waals surface area contributed by atoms with Crippen LogP contribution in [0.5, 0.6) is 0 Å². The molecule has 2 N–H and O–H groups in total. The van der Waals surface area contributed by atoms with Gasteiger partial charge in [0.1, 0.15) is 5.82 Å². The van der Waals surface area contributed by atoms with Crippen LogP contribution in [0.1, 0.15) is 44.1 Å². The molecule has 7 heteroatoms. The normalized spacial score (nSPS) is 20.7. The summed E-state index contributed by atoms with van der Waals surface area (Å²) in [6.07, 6.45) is 4.28. The van der Waals surface area contributed by atoms with Crippen molar-refractivity contribution >= 4 is 11.8 Å². The van der Waals surface area contributed by atoms with E-state index < -0.39 is 5.91 Å². The fraction of sp³-hybridized carbons (Fsp3) is 0.636. The van der Waals surface area contributed by atoms with E-state index in [0.29, 0.717) is 25.6 Å². The van der Waals surface area contributed by atoms with Crippen molar-refractivity contribution in [3.63, 3.8) is 0 Å². The van der Waals surface area contributed by atoms with Crippen molar-refractivity contribution in [3.8, 4) is 0 Å². The van der Waals surface area contributed by atoms with Gasteiger partial charge in [-0.2, -0.15) is 0 Å². The van der Waals surface area contributed by atoms with Crippen LogP contribution >= 0.6 is 0 Å². The molecule has 2 fully saturated rings. The van der Waals surface area contributed by atoms with Gasteiger partial charge in [-0.15, -0.1) is 0 Å². The summed E-state index contributed by atoms with van der Waals surface area (Å²) in [5.74, 6) is -0.215. The van der Waals surface area contributed by atoms with Crippen LogP contribution in [0.4, 0.5) is 4.39 Å². The molecule has 3 rings (SSSR count). The number of amides is 2. The summed E-state index contributed by atoms with van der Waals surface area (Å²) >= 11 is 0. The Morgan fingerprint density at radius 3 is 2.55 bits per heavy atom. The Balaban J connectivity index is 1.50. The molecule has 1 atom stereocenters. The molecule has 2 amide bonds. The van der Waals surface area contributed by atoms with Crippen molar-refractivity contribution in [2.24, 2.45) is 11.7 Å². The van der Waals surface area contributed by atoms with Crippen molar-refractivity contribution in [2.45, 2.75) is 51.2 Å². The van der Waals surface area contributed by atoms with Gasteiger partial charge in [0.2, 0.25) is 11.8 Å². The molecule has 2 aliphatic heterocycles. The molecule has 0 radical (unpaired) electrons. The van der Waals surface area contributed by atoms with E-state index in [0.717, 1.165) is 50.9 Å². The van der Waals surface area contributed by atoms with Crippen LogP contribution < -0.4 is 5.73 Å². The van der Waals surface area contributed by atoms with Gasteiger partial charge in [-0.25, -0.2) is 4.39 Å². The number of hydrogen-bond acceptors (Lipinski definition) is 4. The largest absolute Gasteiger partial charge is 0.376 e. The summed E-state index contributed by atoms with van der Waals surface area (Å²) in [5, 5.41) is 0. The number of piperidine rings is 1. The first-order chi connectivity index (χ1) is 14.0. The van der Waals surface area contributed by atoms with E-state index in [4.69, 9.17) is 10.5 Å². The van der Waals surface area contributed by atoms with Gasteiger partial charge in [0, 0.05) is 44.6 Å². The van der Waals surface area contributed by atoms with E-state index in [1.54, 1.807) is 6.07 Å². The maximum atomic E-state index is 13.9. The molecule has 0 spiro atoms. The minimum absolute atomic E-state index is 0.0203. The summed E-state index contributed by atoms with van der Waals surface area (Å²) in [4.78, 5) is 27.9. The van der Waals surface area contributed by atoms with Crippen LogP contribution in [0.25, 0.3) is 0 Å². The van der Waals surface area contributed by atoms with Gasteiger partial charge >= 0.3 is 0 Å². The van der Waals surface area contributed by atoms with Crippen molar-refractivity contribution in [1.82, 2.24) is 9.80 Å². The Morgan fingerprint density at radius 2 is 1.90 bits per heavy atom. The summed E-state index contributed by atoms with van der Waals surface area (Å²) in [5.41, 5.74) is 5.94. The zero-order chi connectivity index (χ0) is 20.6. The molecule has 1 aromatic carbocycles. The second kappa shape index (κ2) is 10.7. The molecule has 6 nitrogen and oxygen atoms in total. The quantitative estimate of drug-likeness (QED) is 0.684. The number of likely N-dealkylation sites (tertiary alicyclic amines) is 1. The molecule has 29 heavy (non-hydrogen) atoms. The Kier molecular flexibility index (Phi) is 8.00. The Hall–Kier alpha value is -1.99. The van der Waals surface area contributed by atoms with E-state index in [1.165, 1.54) is 6.07 Å². The highest BCUT2D eigenvalue weighted by atomic mass is 19.1. The standard InChI is InChI=1S/C22H32FN3O3/c23-20-6-2-1-4-18(20)15-25-11-9-17(10-12-25)14-26(16-19-5-3-13-29-19)22(28)8-7-21(24)27/h1-2,4,6,17,19H,3,5,7-16H2,(H2,24,27). The molecule has 0 aromatic heterocycles. The highest BCUT2D eigenvalue weighted by Gasteiger charge is 2.27. The maximum absolute atomic E-state index is 13.9. The smallest absolute Gasteiger partial charge is 0.223 e. The number of rotatable bonds is 9. The first kappa shape index (κ1) is 21.7. The Morgan fingerprint density at radius 1 is 1.14 bits per heavy atom. The first-order valence-corrected chi connectivity index (χ1v) is 10.6. The number of nitrogens with two attached hydrogens (primary N) is 1. The lowest BCUT2D eigenvalue weighted by molar-refractivity contribution is -0.135. The topological polar surface area (TPSA) is 75.9 Å². The highest BCUT2D eigenvalue weighted by Crippen LogP contribution is 2.23. The second-order valence-corrected chi connectivity index (χ2v) is 8.21. The van der Waals surface area contributed by atoms with E-state index in [2.05, 4.69) is 4.90 Å². The zero-order valence-electron chi connectivity index (χ0n) is 17.0. The van der Waals surface area contributed by atoms with Crippen molar-refractivity contribution < 1.29 is 18.7 Å². The zero-order valence-corrected chi connectivity index (χ0v) is 17.0. The minimum atomic E-state index is -0.447. The molecule has 2 aliphatic rings. The number of primary amides is 1. The van der Waals surface area contributed by atoms with Gasteiger partial charge in [0.15, 0.2) is 0 Å². The summed E-state index contributed by atoms with van der Waals surface area (Å²) < 4.78 is 19.6. The number of ether oxygens (including phenoxy) is 1. The van der Waals surface area contributed by atoms with E-state index in [-0.39, 0.29) is 30.7 Å². The molecular weight excluding hydrogens is 373 g/mol. The van der Waals surface area contributed by atoms with Gasteiger partial charge in [-0.1, -0.05) is 18.2 Å². The Bertz CT molecular complexity index is 686. The number of halogens is 1. The fourth-order valence-corrected chi connectivity index (χ4v) is 4.21. The van der Waals surface area contributed by atoms with E-state index >= 15 is 0 Å². The number of hydrogen-bond donors (Lipinski definition) is 1. The van der Waals surface area contributed by atoms with E-state index in [9.17, 15) is 14.0 Å². The SMILES string of the molecule is NC(=O)CCC(=O)N(CC1CCN(Cc2ccccc2F)CC1)CC1CCCO1. The van der Waals surface area contributed by atoms with Crippen molar-refractivity contribution in [2.75, 3.05) is 32.8 Å². The van der Waals surface area contributed by atoms with Crippen LogP contribution in [-0.2, 0) is 20.9 Å². The van der Waals surface area contributed by atoms with Crippen LogP contribution in [0.2, 0.25) is 0 Å². The molecule has 0 aliphatic carbocycles. The van der Waals surface area contributed by atoms with Crippen LogP contribution in [0, 0.1) is 11.7 Å². The van der Waals surface area contributed by atoms with Gasteiger partial charge < -0.3 is 15.4 Å². The molecule has 2 heterocycles. The summed E-state index contributed by atoms with van der Waals surface area (Å²) in [6.45, 7) is 4.43. The predicted molar refractivity (Wildman–Crippen MR) is 108 cm³/mol. The predicted octanol–water partition coefficient (Wildman–Crippen LogP) is 2.31. The lowest BCUT2D eigenvalue weighted by Gasteiger charge is -2.35. The third-order valence-electron chi connectivity index (χ3n) is 5.92. The maximum Gasteiger partial charge on any atom is 0.223 e. The lowest BCUT2D eigenvalue weighted by Crippen LogP contribution is -2.43. The molecule has 2 saturated heterocycles. The fourth-order valence-electron chi connectivity index (χ4n) is 4.21. The number of benzene rings is 1. The monoisotopic (exact) mass is 405 g/mol. The molecule has 1 unspecified atom stereocenters. The third-order valence-corrected chi connectivity index (χ3v) is 5.92. The van der Waals surface area contributed by atoms with Gasteiger partial charge in [-0.05, 0) is 50.8 Å². The van der Waals surface area contributed by atoms with Crippen molar-refractivity contribution in [3.05, 3.63) is 35.6 Å². The highest BCUT2D eigenvalue weighted by molar-refractivity contribution is 5.82. The summed E-state index contributed by atoms with van der Waals surface area (Å²) in [6, 6.07) is 6.92. The molecule has 1 aromatic rings. The minimum Gasteiger partial charge on any atom is -0.376 e. The average molecular weight is 406 g/mol. The molecule has 0 bridgehead atoms. The van der Waals surface area contributed by atoms with Gasteiger partial charge in [0.25, 0.3) is 0 Å². The second-order valence-electron chi connectivity index (χ2n) is 8.21. The first-order valence-electron chi connectivity index (χ1n) is 10.6. The Labute approximate surface area is 172 Å². The number of carbonyl (C=O) groups excluding carboxylic acids is 2. The number of nitrogens with zero attached hydrogens (tertiary/aromatic N) is 2. The van der Waals surface area contributed by atoms with Crippen LogP contribution in [0.3, 0.4) is 0 Å². The van der Waals surface area contributed by atoms with E-state index in [1.807, 2.05) is 17.0 Å². The van der Waals surface area contributed by atoms with Gasteiger partial charge in [-0.3, -0.25) is 14.5 Å².